The van der Waals surface area contributed by atoms with Crippen molar-refractivity contribution < 1.29 is 19.7 Å². The van der Waals surface area contributed by atoms with Gasteiger partial charge in [-0.25, -0.2) is 0 Å². The standard InChI is InChI=1S/C15H26O4/c1-3-4-5-10-14-13(17)9-7-6-8-12(16)11(2)15(18)19-14/h6,8,11-14,16-17H,3-5,7,9-10H2,1-2H3/b8-6-/t11-,12?,13+,14-/m1/s1. The summed E-state index contributed by atoms with van der Waals surface area (Å²) >= 11 is 0. The van der Waals surface area contributed by atoms with Crippen molar-refractivity contribution in [2.24, 2.45) is 5.92 Å². The van der Waals surface area contributed by atoms with Crippen LogP contribution in [-0.4, -0.2) is 34.5 Å². The SMILES string of the molecule is CCCCC[C@H]1OC(=O)[C@H](C)C(O)/C=C\CC[C@@H]1O. The number of aliphatic hydroxyl groups is 2. The minimum atomic E-state index is -0.806. The second-order valence-electron chi connectivity index (χ2n) is 5.32. The fourth-order valence-corrected chi connectivity index (χ4v) is 2.18. The van der Waals surface area contributed by atoms with Crippen LogP contribution in [0.15, 0.2) is 12.2 Å². The van der Waals surface area contributed by atoms with Crippen LogP contribution in [0, 0.1) is 5.92 Å². The van der Waals surface area contributed by atoms with E-state index in [1.807, 2.05) is 6.08 Å². The molecule has 19 heavy (non-hydrogen) atoms. The molecule has 2 N–H and O–H groups in total. The molecule has 0 aromatic heterocycles. The first-order valence-corrected chi connectivity index (χ1v) is 7.29. The van der Waals surface area contributed by atoms with Crippen molar-refractivity contribution in [1.82, 2.24) is 0 Å². The molecule has 1 aliphatic rings. The zero-order chi connectivity index (χ0) is 14.3. The van der Waals surface area contributed by atoms with Gasteiger partial charge in [0, 0.05) is 0 Å². The third-order valence-electron chi connectivity index (χ3n) is 3.64. The second-order valence-corrected chi connectivity index (χ2v) is 5.32. The van der Waals surface area contributed by atoms with Crippen molar-refractivity contribution in [3.8, 4) is 0 Å². The van der Waals surface area contributed by atoms with Crippen molar-refractivity contribution >= 4 is 5.97 Å². The van der Waals surface area contributed by atoms with E-state index in [2.05, 4.69) is 6.92 Å². The molecule has 0 saturated carbocycles. The molecule has 4 atom stereocenters. The number of allylic oxidation sites excluding steroid dienone is 1. The summed E-state index contributed by atoms with van der Waals surface area (Å²) in [6.07, 6.45) is 6.60. The van der Waals surface area contributed by atoms with E-state index in [1.165, 1.54) is 0 Å². The predicted molar refractivity (Wildman–Crippen MR) is 73.6 cm³/mol. The summed E-state index contributed by atoms with van der Waals surface area (Å²) in [6.45, 7) is 3.76. The highest BCUT2D eigenvalue weighted by molar-refractivity contribution is 5.73. The van der Waals surface area contributed by atoms with E-state index in [0.29, 0.717) is 19.3 Å². The average molecular weight is 270 g/mol. The molecule has 0 aromatic carbocycles. The number of hydrogen-bond acceptors (Lipinski definition) is 4. The van der Waals surface area contributed by atoms with Crippen LogP contribution in [0.1, 0.15) is 52.4 Å². The van der Waals surface area contributed by atoms with Gasteiger partial charge in [-0.2, -0.15) is 0 Å². The Kier molecular flexibility index (Phi) is 7.10. The summed E-state index contributed by atoms with van der Waals surface area (Å²) in [5.41, 5.74) is 0. The molecule has 1 unspecified atom stereocenters. The third kappa shape index (κ3) is 5.33. The lowest BCUT2D eigenvalue weighted by molar-refractivity contribution is -0.163. The van der Waals surface area contributed by atoms with Crippen molar-refractivity contribution in [1.29, 1.82) is 0 Å². The summed E-state index contributed by atoms with van der Waals surface area (Å²) in [4.78, 5) is 11.9. The summed E-state index contributed by atoms with van der Waals surface area (Å²) in [5.74, 6) is -1.02. The first kappa shape index (κ1) is 16.2. The van der Waals surface area contributed by atoms with E-state index in [4.69, 9.17) is 4.74 Å². The van der Waals surface area contributed by atoms with E-state index < -0.39 is 30.2 Å². The maximum absolute atomic E-state index is 11.9. The molecule has 0 radical (unpaired) electrons. The highest BCUT2D eigenvalue weighted by Gasteiger charge is 2.28. The maximum Gasteiger partial charge on any atom is 0.311 e. The minimum absolute atomic E-state index is 0.431. The molecule has 0 aromatic rings. The molecular formula is C15H26O4. The van der Waals surface area contributed by atoms with Crippen LogP contribution in [0.5, 0.6) is 0 Å². The van der Waals surface area contributed by atoms with Gasteiger partial charge in [-0.3, -0.25) is 4.79 Å². The molecule has 1 heterocycles. The average Bonchev–Trinajstić information content (AvgIpc) is 2.40. The van der Waals surface area contributed by atoms with E-state index in [0.717, 1.165) is 19.3 Å². The first-order chi connectivity index (χ1) is 9.06. The summed E-state index contributed by atoms with van der Waals surface area (Å²) in [6, 6.07) is 0. The van der Waals surface area contributed by atoms with Crippen LogP contribution < -0.4 is 0 Å². The molecule has 0 aliphatic carbocycles. The highest BCUT2D eigenvalue weighted by Crippen LogP contribution is 2.19. The molecule has 1 aliphatic heterocycles. The van der Waals surface area contributed by atoms with Gasteiger partial charge in [0.2, 0.25) is 0 Å². The first-order valence-electron chi connectivity index (χ1n) is 7.29. The molecule has 4 heteroatoms. The van der Waals surface area contributed by atoms with Gasteiger partial charge in [0.25, 0.3) is 0 Å². The Balaban J connectivity index is 2.67. The Morgan fingerprint density at radius 1 is 1.37 bits per heavy atom. The van der Waals surface area contributed by atoms with Crippen molar-refractivity contribution in [2.45, 2.75) is 70.7 Å². The van der Waals surface area contributed by atoms with Gasteiger partial charge in [0.05, 0.1) is 18.1 Å². The van der Waals surface area contributed by atoms with Crippen molar-refractivity contribution in [3.63, 3.8) is 0 Å². The van der Waals surface area contributed by atoms with Gasteiger partial charge in [-0.1, -0.05) is 31.9 Å². The lowest BCUT2D eigenvalue weighted by Gasteiger charge is -2.26. The van der Waals surface area contributed by atoms with E-state index in [-0.39, 0.29) is 0 Å². The number of carbonyl (C=O) groups is 1. The lowest BCUT2D eigenvalue weighted by Crippen LogP contribution is -2.36. The Morgan fingerprint density at radius 2 is 2.11 bits per heavy atom. The number of ether oxygens (including phenoxy) is 1. The number of cyclic esters (lactones) is 1. The number of esters is 1. The summed E-state index contributed by atoms with van der Waals surface area (Å²) in [5, 5.41) is 19.9. The Labute approximate surface area is 115 Å². The molecule has 0 fully saturated rings. The smallest absolute Gasteiger partial charge is 0.311 e. The fraction of sp³-hybridized carbons (Fsp3) is 0.800. The fourth-order valence-electron chi connectivity index (χ4n) is 2.18. The van der Waals surface area contributed by atoms with Crippen LogP contribution in [-0.2, 0) is 9.53 Å². The topological polar surface area (TPSA) is 66.8 Å². The molecule has 0 spiro atoms. The largest absolute Gasteiger partial charge is 0.459 e. The molecule has 110 valence electrons. The monoisotopic (exact) mass is 270 g/mol. The second kappa shape index (κ2) is 8.33. The maximum atomic E-state index is 11.9. The lowest BCUT2D eigenvalue weighted by atomic mass is 9.98. The molecule has 4 nitrogen and oxygen atoms in total. The number of carbonyl (C=O) groups excluding carboxylic acids is 1. The van der Waals surface area contributed by atoms with Crippen LogP contribution in [0.3, 0.4) is 0 Å². The van der Waals surface area contributed by atoms with Crippen LogP contribution in [0.25, 0.3) is 0 Å². The van der Waals surface area contributed by atoms with Crippen LogP contribution in [0.2, 0.25) is 0 Å². The van der Waals surface area contributed by atoms with Gasteiger partial charge < -0.3 is 14.9 Å². The number of rotatable bonds is 4. The molecule has 1 rings (SSSR count). The Bertz CT molecular complexity index is 301. The van der Waals surface area contributed by atoms with Gasteiger partial charge >= 0.3 is 5.97 Å². The number of hydrogen-bond donors (Lipinski definition) is 2. The van der Waals surface area contributed by atoms with Crippen LogP contribution in [0.4, 0.5) is 0 Å². The quantitative estimate of drug-likeness (QED) is 0.467. The Morgan fingerprint density at radius 3 is 2.79 bits per heavy atom. The molecule has 0 bridgehead atoms. The van der Waals surface area contributed by atoms with Gasteiger partial charge in [-0.15, -0.1) is 0 Å². The highest BCUT2D eigenvalue weighted by atomic mass is 16.6. The zero-order valence-corrected chi connectivity index (χ0v) is 11.9. The number of aliphatic hydroxyl groups excluding tert-OH is 2. The van der Waals surface area contributed by atoms with E-state index >= 15 is 0 Å². The molecule has 0 saturated heterocycles. The van der Waals surface area contributed by atoms with Crippen LogP contribution >= 0.6 is 0 Å². The number of unbranched alkanes of at least 4 members (excludes halogenated alkanes) is 2. The van der Waals surface area contributed by atoms with E-state index in [1.54, 1.807) is 13.0 Å². The summed E-state index contributed by atoms with van der Waals surface area (Å²) in [7, 11) is 0. The normalized spacial score (nSPS) is 34.6. The zero-order valence-electron chi connectivity index (χ0n) is 11.9. The van der Waals surface area contributed by atoms with E-state index in [9.17, 15) is 15.0 Å². The molecular weight excluding hydrogens is 244 g/mol. The molecule has 0 amide bonds. The van der Waals surface area contributed by atoms with Gasteiger partial charge in [-0.05, 0) is 32.6 Å². The van der Waals surface area contributed by atoms with Gasteiger partial charge in [0.15, 0.2) is 0 Å². The van der Waals surface area contributed by atoms with Crippen molar-refractivity contribution in [3.05, 3.63) is 12.2 Å². The van der Waals surface area contributed by atoms with Crippen molar-refractivity contribution in [2.75, 3.05) is 0 Å². The predicted octanol–water partition coefficient (Wildman–Crippen LogP) is 2.19. The minimum Gasteiger partial charge on any atom is -0.459 e. The Hall–Kier alpha value is -0.870. The third-order valence-corrected chi connectivity index (χ3v) is 3.64. The van der Waals surface area contributed by atoms with Gasteiger partial charge in [0.1, 0.15) is 6.10 Å². The summed E-state index contributed by atoms with van der Waals surface area (Å²) < 4.78 is 5.39.